The Bertz CT molecular complexity index is 1700. The third-order valence-electron chi connectivity index (χ3n) is 11.0. The number of nitrogens with one attached hydrogen (secondary N) is 3. The molecular weight excluding hydrogens is 676 g/mol. The minimum absolute atomic E-state index is 0.0508. The molecule has 0 radical (unpaired) electrons. The van der Waals surface area contributed by atoms with Crippen LogP contribution in [0, 0.1) is 11.8 Å². The number of rotatable bonds is 7. The molecule has 6 amide bonds. The standard InChI is InChI=1S/C36H50N6O8S/c1-5-25-18-36(25,33(45)39-51(48,49)27-14-15-27)38-31(43)29-17-26-20-42(29)32(44)30(22(2)3)37-34(46)40(4)16-9-7-6-8-11-23-12-10-13-24-19-41(21-28(23)24)35(47)50-26/h5,10,12-13,22,25-27,29-30H,1,6-9,11,14-21H2,2-4H3,(H,37,46)(H,38,43)(H,39,45)/t25-,26-,29+,30+,36-/m1/s1. The van der Waals surface area contributed by atoms with E-state index in [2.05, 4.69) is 28.0 Å². The number of benzene rings is 1. The van der Waals surface area contributed by atoms with Crippen LogP contribution >= 0.6 is 0 Å². The number of carbonyl (C=O) groups is 5. The van der Waals surface area contributed by atoms with Gasteiger partial charge in [-0.1, -0.05) is 51.0 Å². The monoisotopic (exact) mass is 726 g/mol. The highest BCUT2D eigenvalue weighted by atomic mass is 32.2. The van der Waals surface area contributed by atoms with Gasteiger partial charge >= 0.3 is 12.1 Å². The first-order valence-electron chi connectivity index (χ1n) is 18.1. The molecule has 15 heteroatoms. The van der Waals surface area contributed by atoms with E-state index >= 15 is 0 Å². The fraction of sp³-hybridized carbons (Fsp3) is 0.639. The van der Waals surface area contributed by atoms with Crippen molar-refractivity contribution in [1.82, 2.24) is 30.1 Å². The van der Waals surface area contributed by atoms with E-state index in [1.165, 1.54) is 16.5 Å². The van der Waals surface area contributed by atoms with Crippen molar-refractivity contribution in [2.45, 2.75) is 114 Å². The Morgan fingerprint density at radius 3 is 2.49 bits per heavy atom. The van der Waals surface area contributed by atoms with E-state index in [4.69, 9.17) is 4.74 Å². The zero-order valence-electron chi connectivity index (χ0n) is 29.7. The lowest BCUT2D eigenvalue weighted by Crippen LogP contribution is -2.59. The van der Waals surface area contributed by atoms with Gasteiger partial charge in [-0.3, -0.25) is 24.0 Å². The number of hydrogen-bond donors (Lipinski definition) is 3. The van der Waals surface area contributed by atoms with Crippen molar-refractivity contribution in [2.24, 2.45) is 11.8 Å². The SMILES string of the molecule is C=C[C@@H]1C[C@]1(NC(=O)[C@@H]1C[C@@H]2CN1C(=O)[C@H](C(C)C)NC(=O)N(C)CCCCCCc1cccc3c1CN(C3)C(=O)O2)C(=O)NS(=O)(=O)C1CC1. The molecule has 14 nitrogen and oxygen atoms in total. The minimum Gasteiger partial charge on any atom is -0.444 e. The molecule has 0 unspecified atom stereocenters. The van der Waals surface area contributed by atoms with Crippen molar-refractivity contribution < 1.29 is 37.1 Å². The van der Waals surface area contributed by atoms with Gasteiger partial charge in [-0.15, -0.1) is 6.58 Å². The van der Waals surface area contributed by atoms with Crippen molar-refractivity contribution >= 4 is 39.9 Å². The van der Waals surface area contributed by atoms with Gasteiger partial charge in [0.05, 0.1) is 11.8 Å². The lowest BCUT2D eigenvalue weighted by atomic mass is 9.98. The van der Waals surface area contributed by atoms with Crippen molar-refractivity contribution in [3.05, 3.63) is 47.5 Å². The lowest BCUT2D eigenvalue weighted by molar-refractivity contribution is -0.141. The second-order valence-electron chi connectivity index (χ2n) is 15.1. The van der Waals surface area contributed by atoms with E-state index in [1.54, 1.807) is 30.7 Å². The second-order valence-corrected chi connectivity index (χ2v) is 17.1. The maximum atomic E-state index is 14.3. The molecule has 278 valence electrons. The Morgan fingerprint density at radius 1 is 1.08 bits per heavy atom. The molecule has 0 spiro atoms. The first-order valence-corrected chi connectivity index (χ1v) is 19.7. The number of hydrogen-bond acceptors (Lipinski definition) is 8. The molecule has 3 aliphatic heterocycles. The van der Waals surface area contributed by atoms with Gasteiger partial charge in [0.2, 0.25) is 21.8 Å². The first-order chi connectivity index (χ1) is 24.2. The summed E-state index contributed by atoms with van der Waals surface area (Å²) in [6.45, 7) is 8.54. The minimum atomic E-state index is -3.89. The van der Waals surface area contributed by atoms with Crippen LogP contribution in [0.15, 0.2) is 30.9 Å². The van der Waals surface area contributed by atoms with Crippen LogP contribution in [0.4, 0.5) is 9.59 Å². The molecule has 3 heterocycles. The summed E-state index contributed by atoms with van der Waals surface area (Å²) < 4.78 is 33.4. The summed E-state index contributed by atoms with van der Waals surface area (Å²) in [7, 11) is -2.21. The maximum Gasteiger partial charge on any atom is 0.410 e. The molecule has 4 bridgehead atoms. The van der Waals surface area contributed by atoms with Crippen LogP contribution in [0.5, 0.6) is 0 Å². The van der Waals surface area contributed by atoms with E-state index in [0.717, 1.165) is 43.2 Å². The summed E-state index contributed by atoms with van der Waals surface area (Å²) in [5.41, 5.74) is 1.83. The van der Waals surface area contributed by atoms with E-state index in [9.17, 15) is 32.4 Å². The largest absolute Gasteiger partial charge is 0.444 e. The number of sulfonamides is 1. The molecule has 0 aromatic heterocycles. The highest BCUT2D eigenvalue weighted by Gasteiger charge is 2.62. The van der Waals surface area contributed by atoms with E-state index in [1.807, 2.05) is 12.1 Å². The third kappa shape index (κ3) is 7.73. The third-order valence-corrected chi connectivity index (χ3v) is 12.8. The number of ether oxygens (including phenoxy) is 1. The smallest absolute Gasteiger partial charge is 0.410 e. The average Bonchev–Trinajstić information content (AvgIpc) is 3.98. The Balaban J connectivity index is 1.26. The Hall–Kier alpha value is -4.14. The van der Waals surface area contributed by atoms with Gasteiger partial charge in [0.25, 0.3) is 5.91 Å². The molecular formula is C36H50N6O8S. The van der Waals surface area contributed by atoms with Crippen LogP contribution in [0.2, 0.25) is 0 Å². The van der Waals surface area contributed by atoms with Crippen molar-refractivity contribution in [1.29, 1.82) is 0 Å². The fourth-order valence-electron chi connectivity index (χ4n) is 7.52. The molecule has 1 aromatic rings. The summed E-state index contributed by atoms with van der Waals surface area (Å²) >= 11 is 0. The van der Waals surface area contributed by atoms with E-state index in [-0.39, 0.29) is 25.3 Å². The van der Waals surface area contributed by atoms with Gasteiger partial charge in [0, 0.05) is 39.0 Å². The highest BCUT2D eigenvalue weighted by Crippen LogP contribution is 2.45. The zero-order valence-corrected chi connectivity index (χ0v) is 30.5. The number of nitrogens with zero attached hydrogens (tertiary/aromatic N) is 3. The topological polar surface area (TPSA) is 175 Å². The van der Waals surface area contributed by atoms with Gasteiger partial charge in [0.15, 0.2) is 0 Å². The summed E-state index contributed by atoms with van der Waals surface area (Å²) in [5.74, 6) is -2.94. The van der Waals surface area contributed by atoms with Gasteiger partial charge < -0.3 is 25.2 Å². The predicted molar refractivity (Wildman–Crippen MR) is 187 cm³/mol. The normalized spacial score (nSPS) is 28.9. The molecule has 6 rings (SSSR count). The predicted octanol–water partition coefficient (Wildman–Crippen LogP) is 2.56. The van der Waals surface area contributed by atoms with Crippen molar-refractivity contribution in [2.75, 3.05) is 20.1 Å². The molecule has 1 aromatic carbocycles. The lowest BCUT2D eigenvalue weighted by Gasteiger charge is -2.32. The number of urea groups is 1. The molecule has 2 saturated carbocycles. The van der Waals surface area contributed by atoms with Gasteiger partial charge in [0.1, 0.15) is 23.7 Å². The molecule has 3 N–H and O–H groups in total. The van der Waals surface area contributed by atoms with E-state index in [0.29, 0.717) is 32.5 Å². The first kappa shape index (κ1) is 36.6. The summed E-state index contributed by atoms with van der Waals surface area (Å²) in [5, 5.41) is 4.98. The molecule has 5 aliphatic rings. The summed E-state index contributed by atoms with van der Waals surface area (Å²) in [6, 6.07) is 3.54. The number of aryl methyl sites for hydroxylation is 1. The van der Waals surface area contributed by atoms with Crippen LogP contribution in [-0.2, 0) is 48.7 Å². The second kappa shape index (κ2) is 14.5. The molecule has 51 heavy (non-hydrogen) atoms. The van der Waals surface area contributed by atoms with Gasteiger partial charge in [-0.25, -0.2) is 18.0 Å². The Kier molecular flexibility index (Phi) is 10.4. The molecule has 5 atom stereocenters. The zero-order chi connectivity index (χ0) is 36.7. The van der Waals surface area contributed by atoms with Crippen LogP contribution < -0.4 is 15.4 Å². The summed E-state index contributed by atoms with van der Waals surface area (Å²) in [4.78, 5) is 73.2. The van der Waals surface area contributed by atoms with Gasteiger partial charge in [-0.2, -0.15) is 0 Å². The van der Waals surface area contributed by atoms with Crippen LogP contribution in [0.3, 0.4) is 0 Å². The van der Waals surface area contributed by atoms with Crippen LogP contribution in [-0.4, -0.2) is 102 Å². The van der Waals surface area contributed by atoms with Gasteiger partial charge in [-0.05, 0) is 61.1 Å². The fourth-order valence-corrected chi connectivity index (χ4v) is 8.88. The van der Waals surface area contributed by atoms with Crippen LogP contribution in [0.1, 0.15) is 81.9 Å². The van der Waals surface area contributed by atoms with E-state index < -0.39 is 74.8 Å². The quantitative estimate of drug-likeness (QED) is 0.360. The molecule has 3 fully saturated rings. The Labute approximate surface area is 299 Å². The highest BCUT2D eigenvalue weighted by molar-refractivity contribution is 7.91. The average molecular weight is 727 g/mol. The molecule has 1 saturated heterocycles. The maximum absolute atomic E-state index is 14.3. The number of carbonyl (C=O) groups excluding carboxylic acids is 5. The summed E-state index contributed by atoms with van der Waals surface area (Å²) in [6.07, 6.45) is 5.67. The number of amides is 6. The Morgan fingerprint density at radius 2 is 1.80 bits per heavy atom. The number of fused-ring (bicyclic) bond motifs is 3. The van der Waals surface area contributed by atoms with Crippen molar-refractivity contribution in [3.8, 4) is 0 Å². The van der Waals surface area contributed by atoms with Crippen LogP contribution in [0.25, 0.3) is 0 Å². The van der Waals surface area contributed by atoms with Crippen molar-refractivity contribution in [3.63, 3.8) is 0 Å². The molecule has 2 aliphatic carbocycles.